The molecular formula is C8H16N2. The fraction of sp³-hybridized carbons (Fsp3) is 0.500. The molecule has 0 unspecified atom stereocenters. The van der Waals surface area contributed by atoms with Gasteiger partial charge in [-0.05, 0) is 20.8 Å². The molecule has 0 aromatic rings. The maximum absolute atomic E-state index is 5.57. The van der Waals surface area contributed by atoms with Crippen molar-refractivity contribution in [1.82, 2.24) is 4.90 Å². The Labute approximate surface area is 63.0 Å². The van der Waals surface area contributed by atoms with Gasteiger partial charge in [0.15, 0.2) is 0 Å². The fourth-order valence-corrected chi connectivity index (χ4v) is 0.551. The highest BCUT2D eigenvalue weighted by Crippen LogP contribution is 2.08. The molecule has 10 heavy (non-hydrogen) atoms. The van der Waals surface area contributed by atoms with Crippen LogP contribution >= 0.6 is 0 Å². The summed E-state index contributed by atoms with van der Waals surface area (Å²) in [5, 5.41) is 0. The first kappa shape index (κ1) is 9.08. The van der Waals surface area contributed by atoms with Gasteiger partial charge >= 0.3 is 0 Å². The van der Waals surface area contributed by atoms with E-state index in [9.17, 15) is 0 Å². The van der Waals surface area contributed by atoms with E-state index in [0.29, 0.717) is 0 Å². The average molecular weight is 140 g/mol. The first-order valence-corrected chi connectivity index (χ1v) is 3.29. The molecular weight excluding hydrogens is 124 g/mol. The third kappa shape index (κ3) is 2.13. The molecule has 0 rings (SSSR count). The average Bonchev–Trinajstić information content (AvgIpc) is 1.84. The van der Waals surface area contributed by atoms with Crippen molar-refractivity contribution in [3.05, 3.63) is 23.7 Å². The lowest BCUT2D eigenvalue weighted by Crippen LogP contribution is -2.16. The third-order valence-corrected chi connectivity index (χ3v) is 1.65. The predicted octanol–water partition coefficient (Wildman–Crippen LogP) is 1.66. The summed E-state index contributed by atoms with van der Waals surface area (Å²) in [6, 6.07) is 0. The second kappa shape index (κ2) is 3.30. The molecule has 2 heteroatoms. The van der Waals surface area contributed by atoms with Crippen molar-refractivity contribution in [2.75, 3.05) is 7.05 Å². The summed E-state index contributed by atoms with van der Waals surface area (Å²) < 4.78 is 0. The van der Waals surface area contributed by atoms with Crippen molar-refractivity contribution in [1.29, 1.82) is 0 Å². The monoisotopic (exact) mass is 140 g/mol. The maximum Gasteiger partial charge on any atom is 0.0328 e. The van der Waals surface area contributed by atoms with E-state index in [0.717, 1.165) is 17.1 Å². The SMILES string of the molecule is C=C(C)N(C)/C(C)=C(/C)N. The second-order valence-corrected chi connectivity index (χ2v) is 2.56. The molecule has 2 nitrogen and oxygen atoms in total. The van der Waals surface area contributed by atoms with Gasteiger partial charge in [-0.1, -0.05) is 6.58 Å². The summed E-state index contributed by atoms with van der Waals surface area (Å²) >= 11 is 0. The lowest BCUT2D eigenvalue weighted by molar-refractivity contribution is 0.516. The van der Waals surface area contributed by atoms with Crippen LogP contribution in [0, 0.1) is 0 Å². The van der Waals surface area contributed by atoms with Crippen LogP contribution < -0.4 is 5.73 Å². The standard InChI is InChI=1S/C8H16N2/c1-6(2)10(5)8(4)7(3)9/h1,9H2,2-5H3/b8-7-. The van der Waals surface area contributed by atoms with E-state index >= 15 is 0 Å². The van der Waals surface area contributed by atoms with Gasteiger partial charge in [-0.3, -0.25) is 0 Å². The zero-order valence-electron chi connectivity index (χ0n) is 7.23. The van der Waals surface area contributed by atoms with Crippen LogP contribution in [0.25, 0.3) is 0 Å². The molecule has 0 aliphatic carbocycles. The van der Waals surface area contributed by atoms with Gasteiger partial charge in [0.05, 0.1) is 0 Å². The van der Waals surface area contributed by atoms with Gasteiger partial charge < -0.3 is 10.6 Å². The highest BCUT2D eigenvalue weighted by molar-refractivity contribution is 5.10. The van der Waals surface area contributed by atoms with Crippen LogP contribution in [-0.4, -0.2) is 11.9 Å². The van der Waals surface area contributed by atoms with Crippen molar-refractivity contribution in [3.63, 3.8) is 0 Å². The molecule has 0 aromatic heterocycles. The minimum Gasteiger partial charge on any atom is -0.401 e. The predicted molar refractivity (Wildman–Crippen MR) is 45.1 cm³/mol. The highest BCUT2D eigenvalue weighted by atomic mass is 15.1. The van der Waals surface area contributed by atoms with Crippen LogP contribution in [0.5, 0.6) is 0 Å². The zero-order chi connectivity index (χ0) is 8.31. The van der Waals surface area contributed by atoms with Crippen LogP contribution in [0.2, 0.25) is 0 Å². The minimum atomic E-state index is 0.838. The van der Waals surface area contributed by atoms with E-state index in [1.54, 1.807) is 0 Å². The Morgan fingerprint density at radius 1 is 1.30 bits per heavy atom. The van der Waals surface area contributed by atoms with Crippen molar-refractivity contribution in [3.8, 4) is 0 Å². The largest absolute Gasteiger partial charge is 0.401 e. The van der Waals surface area contributed by atoms with Crippen LogP contribution in [0.15, 0.2) is 23.7 Å². The van der Waals surface area contributed by atoms with Gasteiger partial charge in [0, 0.05) is 24.1 Å². The Kier molecular flexibility index (Phi) is 3.00. The number of rotatable bonds is 2. The maximum atomic E-state index is 5.57. The Bertz CT molecular complexity index is 164. The summed E-state index contributed by atoms with van der Waals surface area (Å²) in [6.07, 6.45) is 0. The summed E-state index contributed by atoms with van der Waals surface area (Å²) in [4.78, 5) is 1.97. The molecule has 0 spiro atoms. The number of allylic oxidation sites excluding steroid dienone is 3. The van der Waals surface area contributed by atoms with Crippen molar-refractivity contribution in [2.45, 2.75) is 20.8 Å². The summed E-state index contributed by atoms with van der Waals surface area (Å²) in [5.41, 5.74) is 8.47. The molecule has 0 radical (unpaired) electrons. The quantitative estimate of drug-likeness (QED) is 0.632. The van der Waals surface area contributed by atoms with E-state index in [2.05, 4.69) is 6.58 Å². The summed E-state index contributed by atoms with van der Waals surface area (Å²) in [7, 11) is 1.95. The second-order valence-electron chi connectivity index (χ2n) is 2.56. The van der Waals surface area contributed by atoms with E-state index in [-0.39, 0.29) is 0 Å². The molecule has 0 saturated heterocycles. The molecule has 0 aromatic carbocycles. The van der Waals surface area contributed by atoms with E-state index < -0.39 is 0 Å². The molecule has 2 N–H and O–H groups in total. The third-order valence-electron chi connectivity index (χ3n) is 1.65. The molecule has 0 atom stereocenters. The Morgan fingerprint density at radius 3 is 1.80 bits per heavy atom. The van der Waals surface area contributed by atoms with Crippen molar-refractivity contribution >= 4 is 0 Å². The first-order chi connectivity index (χ1) is 4.46. The molecule has 0 fully saturated rings. The minimum absolute atomic E-state index is 0.838. The lowest BCUT2D eigenvalue weighted by atomic mass is 10.3. The molecule has 58 valence electrons. The molecule has 0 bridgehead atoms. The fourth-order valence-electron chi connectivity index (χ4n) is 0.551. The van der Waals surface area contributed by atoms with Crippen molar-refractivity contribution < 1.29 is 0 Å². The Hall–Kier alpha value is -0.920. The Morgan fingerprint density at radius 2 is 1.70 bits per heavy atom. The summed E-state index contributed by atoms with van der Waals surface area (Å²) in [5.74, 6) is 0. The van der Waals surface area contributed by atoms with Gasteiger partial charge in [0.25, 0.3) is 0 Å². The van der Waals surface area contributed by atoms with Crippen LogP contribution in [-0.2, 0) is 0 Å². The van der Waals surface area contributed by atoms with Gasteiger partial charge in [-0.25, -0.2) is 0 Å². The van der Waals surface area contributed by atoms with Gasteiger partial charge in [0.1, 0.15) is 0 Å². The molecule has 0 heterocycles. The van der Waals surface area contributed by atoms with Crippen LogP contribution in [0.4, 0.5) is 0 Å². The number of hydrogen-bond donors (Lipinski definition) is 1. The number of nitrogens with zero attached hydrogens (tertiary/aromatic N) is 1. The van der Waals surface area contributed by atoms with E-state index in [1.165, 1.54) is 0 Å². The molecule has 0 aliphatic heterocycles. The molecule has 0 saturated carbocycles. The van der Waals surface area contributed by atoms with Crippen molar-refractivity contribution in [2.24, 2.45) is 5.73 Å². The number of nitrogens with two attached hydrogens (primary N) is 1. The van der Waals surface area contributed by atoms with E-state index in [4.69, 9.17) is 5.73 Å². The number of hydrogen-bond acceptors (Lipinski definition) is 2. The van der Waals surface area contributed by atoms with E-state index in [1.807, 2.05) is 32.7 Å². The topological polar surface area (TPSA) is 29.3 Å². The van der Waals surface area contributed by atoms with Crippen LogP contribution in [0.3, 0.4) is 0 Å². The lowest BCUT2D eigenvalue weighted by Gasteiger charge is -2.20. The summed E-state index contributed by atoms with van der Waals surface area (Å²) in [6.45, 7) is 9.61. The van der Waals surface area contributed by atoms with Gasteiger partial charge in [-0.2, -0.15) is 0 Å². The van der Waals surface area contributed by atoms with Gasteiger partial charge in [-0.15, -0.1) is 0 Å². The normalized spacial score (nSPS) is 12.4. The molecule has 0 amide bonds. The molecule has 0 aliphatic rings. The first-order valence-electron chi connectivity index (χ1n) is 3.29. The Balaban J connectivity index is 4.37. The zero-order valence-corrected chi connectivity index (χ0v) is 7.23. The smallest absolute Gasteiger partial charge is 0.0328 e. The van der Waals surface area contributed by atoms with Gasteiger partial charge in [0.2, 0.25) is 0 Å². The van der Waals surface area contributed by atoms with Crippen LogP contribution in [0.1, 0.15) is 20.8 Å². The highest BCUT2D eigenvalue weighted by Gasteiger charge is 1.99.